The molecule has 1 saturated heterocycles. The Kier molecular flexibility index (Phi) is 3.61. The predicted molar refractivity (Wildman–Crippen MR) is 63.5 cm³/mol. The van der Waals surface area contributed by atoms with Crippen molar-refractivity contribution in [2.75, 3.05) is 19.8 Å². The average molecular weight is 223 g/mol. The number of ether oxygens (including phenoxy) is 1. The summed E-state index contributed by atoms with van der Waals surface area (Å²) in [6.45, 7) is 6.64. The minimum atomic E-state index is 0.513. The van der Waals surface area contributed by atoms with Gasteiger partial charge in [0.25, 0.3) is 0 Å². The first-order valence-electron chi connectivity index (χ1n) is 6.06. The molecule has 90 valence electrons. The van der Waals surface area contributed by atoms with Crippen molar-refractivity contribution in [1.29, 1.82) is 0 Å². The van der Waals surface area contributed by atoms with Crippen molar-refractivity contribution >= 4 is 0 Å². The van der Waals surface area contributed by atoms with E-state index in [-0.39, 0.29) is 0 Å². The molecule has 16 heavy (non-hydrogen) atoms. The summed E-state index contributed by atoms with van der Waals surface area (Å²) in [5.41, 5.74) is 9.38. The predicted octanol–water partition coefficient (Wildman–Crippen LogP) is 1.35. The van der Waals surface area contributed by atoms with Gasteiger partial charge >= 0.3 is 0 Å². The Morgan fingerprint density at radius 2 is 2.06 bits per heavy atom. The summed E-state index contributed by atoms with van der Waals surface area (Å²) < 4.78 is 7.57. The van der Waals surface area contributed by atoms with E-state index in [1.54, 1.807) is 0 Å². The monoisotopic (exact) mass is 223 g/mol. The second-order valence-electron chi connectivity index (χ2n) is 4.48. The molecule has 1 aliphatic heterocycles. The molecule has 0 spiro atoms. The lowest BCUT2D eigenvalue weighted by Crippen LogP contribution is -2.21. The summed E-state index contributed by atoms with van der Waals surface area (Å²) in [7, 11) is 0. The van der Waals surface area contributed by atoms with Gasteiger partial charge in [-0.05, 0) is 45.2 Å². The van der Waals surface area contributed by atoms with Gasteiger partial charge in [0.2, 0.25) is 0 Å². The van der Waals surface area contributed by atoms with Gasteiger partial charge in [0, 0.05) is 18.9 Å². The van der Waals surface area contributed by atoms with E-state index in [1.807, 2.05) is 0 Å². The highest BCUT2D eigenvalue weighted by Gasteiger charge is 2.20. The van der Waals surface area contributed by atoms with Gasteiger partial charge in [-0.1, -0.05) is 0 Å². The zero-order valence-corrected chi connectivity index (χ0v) is 10.2. The van der Waals surface area contributed by atoms with Crippen LogP contribution in [-0.2, 0) is 11.2 Å². The summed E-state index contributed by atoms with van der Waals surface area (Å²) in [5.74, 6) is 0. The Balaban J connectivity index is 2.23. The molecule has 0 amide bonds. The molecule has 1 aromatic heterocycles. The fourth-order valence-electron chi connectivity index (χ4n) is 2.49. The van der Waals surface area contributed by atoms with E-state index in [9.17, 15) is 0 Å². The number of nitrogens with zero attached hydrogens (tertiary/aromatic N) is 2. The molecule has 0 saturated carbocycles. The maximum absolute atomic E-state index is 5.63. The molecule has 0 unspecified atom stereocenters. The summed E-state index contributed by atoms with van der Waals surface area (Å²) in [5, 5.41) is 4.66. The molecular formula is C12H21N3O. The fraction of sp³-hybridized carbons (Fsp3) is 0.750. The van der Waals surface area contributed by atoms with Crippen molar-refractivity contribution in [3.05, 3.63) is 17.0 Å². The maximum atomic E-state index is 5.63. The molecule has 0 atom stereocenters. The van der Waals surface area contributed by atoms with E-state index in [1.165, 1.54) is 11.3 Å². The van der Waals surface area contributed by atoms with Gasteiger partial charge in [-0.3, -0.25) is 4.68 Å². The maximum Gasteiger partial charge on any atom is 0.0629 e. The minimum absolute atomic E-state index is 0.513. The molecule has 1 fully saturated rings. The molecule has 0 bridgehead atoms. The van der Waals surface area contributed by atoms with Crippen LogP contribution in [0, 0.1) is 13.8 Å². The summed E-state index contributed by atoms with van der Waals surface area (Å²) >= 11 is 0. The average Bonchev–Trinajstić information content (AvgIpc) is 2.59. The van der Waals surface area contributed by atoms with Gasteiger partial charge in [-0.15, -0.1) is 0 Å². The third-order valence-electron chi connectivity index (χ3n) is 3.41. The van der Waals surface area contributed by atoms with Crippen LogP contribution < -0.4 is 5.73 Å². The zero-order chi connectivity index (χ0) is 11.5. The molecular weight excluding hydrogens is 202 g/mol. The first-order chi connectivity index (χ1) is 7.74. The highest BCUT2D eigenvalue weighted by molar-refractivity contribution is 5.25. The molecule has 1 aromatic rings. The number of aromatic nitrogens is 2. The summed E-state index contributed by atoms with van der Waals surface area (Å²) in [6, 6.07) is 0.513. The van der Waals surface area contributed by atoms with E-state index >= 15 is 0 Å². The lowest BCUT2D eigenvalue weighted by Gasteiger charge is -2.23. The van der Waals surface area contributed by atoms with Crippen LogP contribution in [-0.4, -0.2) is 29.5 Å². The van der Waals surface area contributed by atoms with E-state index in [4.69, 9.17) is 10.5 Å². The van der Waals surface area contributed by atoms with E-state index in [0.717, 1.165) is 38.2 Å². The largest absolute Gasteiger partial charge is 0.381 e. The first-order valence-corrected chi connectivity index (χ1v) is 6.06. The van der Waals surface area contributed by atoms with E-state index < -0.39 is 0 Å². The summed E-state index contributed by atoms with van der Waals surface area (Å²) in [4.78, 5) is 0. The number of aryl methyl sites for hydroxylation is 1. The fourth-order valence-corrected chi connectivity index (χ4v) is 2.49. The van der Waals surface area contributed by atoms with E-state index in [0.29, 0.717) is 12.6 Å². The summed E-state index contributed by atoms with van der Waals surface area (Å²) in [6.07, 6.45) is 3.08. The van der Waals surface area contributed by atoms with Crippen LogP contribution in [0.25, 0.3) is 0 Å². The topological polar surface area (TPSA) is 53.1 Å². The van der Waals surface area contributed by atoms with Gasteiger partial charge in [0.15, 0.2) is 0 Å². The zero-order valence-electron chi connectivity index (χ0n) is 10.2. The normalized spacial score (nSPS) is 17.9. The molecule has 2 N–H and O–H groups in total. The van der Waals surface area contributed by atoms with Gasteiger partial charge < -0.3 is 10.5 Å². The lowest BCUT2D eigenvalue weighted by molar-refractivity contribution is 0.0656. The lowest BCUT2D eigenvalue weighted by atomic mass is 10.1. The van der Waals surface area contributed by atoms with E-state index in [2.05, 4.69) is 23.6 Å². The van der Waals surface area contributed by atoms with Gasteiger partial charge in [-0.2, -0.15) is 5.10 Å². The van der Waals surface area contributed by atoms with Crippen LogP contribution in [0.1, 0.15) is 35.8 Å². The third kappa shape index (κ3) is 2.13. The molecule has 1 aliphatic rings. The molecule has 0 radical (unpaired) electrons. The highest BCUT2D eigenvalue weighted by atomic mass is 16.5. The van der Waals surface area contributed by atoms with Crippen LogP contribution in [0.3, 0.4) is 0 Å². The smallest absolute Gasteiger partial charge is 0.0629 e. The standard InChI is InChI=1S/C12H21N3O/c1-9-12(3-6-13)10(2)15(14-9)11-4-7-16-8-5-11/h11H,3-8,13H2,1-2H3. The second kappa shape index (κ2) is 4.97. The second-order valence-corrected chi connectivity index (χ2v) is 4.48. The van der Waals surface area contributed by atoms with Crippen LogP contribution in [0.4, 0.5) is 0 Å². The Labute approximate surface area is 96.8 Å². The van der Waals surface area contributed by atoms with Crippen molar-refractivity contribution in [3.63, 3.8) is 0 Å². The van der Waals surface area contributed by atoms with Crippen molar-refractivity contribution in [3.8, 4) is 0 Å². The molecule has 0 aromatic carbocycles. The van der Waals surface area contributed by atoms with Gasteiger partial charge in [0.05, 0.1) is 11.7 Å². The van der Waals surface area contributed by atoms with Crippen molar-refractivity contribution in [2.45, 2.75) is 39.2 Å². The van der Waals surface area contributed by atoms with Crippen LogP contribution in [0.2, 0.25) is 0 Å². The number of rotatable bonds is 3. The van der Waals surface area contributed by atoms with Gasteiger partial charge in [-0.25, -0.2) is 0 Å². The third-order valence-corrected chi connectivity index (χ3v) is 3.41. The minimum Gasteiger partial charge on any atom is -0.381 e. The number of hydrogen-bond acceptors (Lipinski definition) is 3. The molecule has 4 heteroatoms. The highest BCUT2D eigenvalue weighted by Crippen LogP contribution is 2.24. The molecule has 4 nitrogen and oxygen atoms in total. The number of nitrogens with two attached hydrogens (primary N) is 1. The Bertz CT molecular complexity index is 353. The van der Waals surface area contributed by atoms with Crippen LogP contribution >= 0.6 is 0 Å². The van der Waals surface area contributed by atoms with Gasteiger partial charge in [0.1, 0.15) is 0 Å². The molecule has 2 heterocycles. The SMILES string of the molecule is Cc1nn(C2CCOCC2)c(C)c1CCN. The van der Waals surface area contributed by atoms with Crippen LogP contribution in [0.15, 0.2) is 0 Å². The Morgan fingerprint density at radius 3 is 2.69 bits per heavy atom. The molecule has 0 aliphatic carbocycles. The quantitative estimate of drug-likeness (QED) is 0.841. The van der Waals surface area contributed by atoms with Crippen LogP contribution in [0.5, 0.6) is 0 Å². The van der Waals surface area contributed by atoms with Crippen molar-refractivity contribution in [2.24, 2.45) is 5.73 Å². The number of hydrogen-bond donors (Lipinski definition) is 1. The Morgan fingerprint density at radius 1 is 1.38 bits per heavy atom. The first kappa shape index (κ1) is 11.6. The van der Waals surface area contributed by atoms with Crippen molar-refractivity contribution < 1.29 is 4.74 Å². The molecule has 2 rings (SSSR count). The van der Waals surface area contributed by atoms with Crippen molar-refractivity contribution in [1.82, 2.24) is 9.78 Å². The Hall–Kier alpha value is -0.870.